The van der Waals surface area contributed by atoms with Crippen molar-refractivity contribution in [1.29, 1.82) is 0 Å². The van der Waals surface area contributed by atoms with Crippen LogP contribution in [0.5, 0.6) is 0 Å². The third-order valence-corrected chi connectivity index (χ3v) is 5.14. The lowest BCUT2D eigenvalue weighted by molar-refractivity contribution is 0.0204. The van der Waals surface area contributed by atoms with Gasteiger partial charge in [-0.3, -0.25) is 4.98 Å². The Bertz CT molecular complexity index is 1080. The van der Waals surface area contributed by atoms with Crippen LogP contribution in [0, 0.1) is 0 Å². The second kappa shape index (κ2) is 9.20. The quantitative estimate of drug-likeness (QED) is 0.564. The van der Waals surface area contributed by atoms with Gasteiger partial charge in [0, 0.05) is 31.4 Å². The predicted octanol–water partition coefficient (Wildman–Crippen LogP) is 3.82. The number of carbonyl (C=O) groups is 1. The molecule has 0 bridgehead atoms. The highest BCUT2D eigenvalue weighted by atomic mass is 19.3. The second-order valence-corrected chi connectivity index (χ2v) is 8.87. The van der Waals surface area contributed by atoms with Gasteiger partial charge in [-0.15, -0.1) is 15.3 Å². The van der Waals surface area contributed by atoms with E-state index in [4.69, 9.17) is 9.15 Å². The maximum atomic E-state index is 12.6. The van der Waals surface area contributed by atoms with Crippen molar-refractivity contribution in [2.75, 3.05) is 13.1 Å². The number of likely N-dealkylation sites (tertiary alicyclic amines) is 1. The van der Waals surface area contributed by atoms with Gasteiger partial charge in [0.2, 0.25) is 5.89 Å². The molecule has 0 spiro atoms. The fourth-order valence-corrected chi connectivity index (χ4v) is 3.51. The number of ether oxygens (including phenoxy) is 1. The summed E-state index contributed by atoms with van der Waals surface area (Å²) < 4.78 is 37.3. The van der Waals surface area contributed by atoms with Crippen molar-refractivity contribution in [3.8, 4) is 11.5 Å². The number of amides is 1. The zero-order valence-electron chi connectivity index (χ0n) is 18.6. The maximum absolute atomic E-state index is 12.6. The van der Waals surface area contributed by atoms with Crippen LogP contribution in [0.15, 0.2) is 28.9 Å². The molecule has 3 aromatic rings. The summed E-state index contributed by atoms with van der Waals surface area (Å²) in [6.45, 7) is 7.18. The Morgan fingerprint density at radius 2 is 1.97 bits per heavy atom. The normalized spacial score (nSPS) is 15.3. The monoisotopic (exact) mass is 461 g/mol. The van der Waals surface area contributed by atoms with Crippen LogP contribution in [0.4, 0.5) is 13.6 Å². The summed E-state index contributed by atoms with van der Waals surface area (Å²) in [7, 11) is 0. The summed E-state index contributed by atoms with van der Waals surface area (Å²) in [5.74, 6) is -0.513. The Labute approximate surface area is 189 Å². The minimum absolute atomic E-state index is 0.00915. The first-order chi connectivity index (χ1) is 15.7. The number of alkyl halides is 2. The van der Waals surface area contributed by atoms with Gasteiger partial charge in [0.25, 0.3) is 5.89 Å². The van der Waals surface area contributed by atoms with Crippen LogP contribution in [-0.4, -0.2) is 59.9 Å². The molecule has 1 fully saturated rings. The van der Waals surface area contributed by atoms with E-state index in [1.165, 1.54) is 6.20 Å². The van der Waals surface area contributed by atoms with E-state index in [2.05, 4.69) is 25.5 Å². The molecule has 4 heterocycles. The van der Waals surface area contributed by atoms with Crippen LogP contribution < -0.4 is 0 Å². The molecular weight excluding hydrogens is 436 g/mol. The molecule has 1 aliphatic heterocycles. The van der Waals surface area contributed by atoms with Crippen LogP contribution in [-0.2, 0) is 11.3 Å². The maximum Gasteiger partial charge on any atom is 0.410 e. The highest BCUT2D eigenvalue weighted by Crippen LogP contribution is 2.27. The summed E-state index contributed by atoms with van der Waals surface area (Å²) in [6, 6.07) is 3.41. The van der Waals surface area contributed by atoms with Gasteiger partial charge in [-0.05, 0) is 45.7 Å². The Morgan fingerprint density at radius 1 is 1.21 bits per heavy atom. The fourth-order valence-electron chi connectivity index (χ4n) is 3.51. The molecule has 33 heavy (non-hydrogen) atoms. The average molecular weight is 461 g/mol. The molecule has 1 saturated heterocycles. The van der Waals surface area contributed by atoms with Crippen LogP contribution in [0.2, 0.25) is 0 Å². The highest BCUT2D eigenvalue weighted by molar-refractivity contribution is 5.68. The van der Waals surface area contributed by atoms with Crippen molar-refractivity contribution in [2.24, 2.45) is 0 Å². The van der Waals surface area contributed by atoms with Crippen molar-refractivity contribution in [3.63, 3.8) is 0 Å². The van der Waals surface area contributed by atoms with Crippen molar-refractivity contribution < 1.29 is 22.7 Å². The molecule has 0 aliphatic carbocycles. The minimum atomic E-state index is -2.82. The van der Waals surface area contributed by atoms with Crippen LogP contribution in [0.1, 0.15) is 63.2 Å². The first-order valence-electron chi connectivity index (χ1n) is 10.6. The fraction of sp³-hybridized carbons (Fsp3) is 0.524. The van der Waals surface area contributed by atoms with Gasteiger partial charge in [0.1, 0.15) is 5.60 Å². The number of halogens is 2. The first kappa shape index (κ1) is 22.7. The summed E-state index contributed by atoms with van der Waals surface area (Å²) in [6.07, 6.45) is 1.85. The molecule has 0 unspecified atom stereocenters. The van der Waals surface area contributed by atoms with E-state index < -0.39 is 17.9 Å². The lowest BCUT2D eigenvalue weighted by Gasteiger charge is -2.32. The third-order valence-electron chi connectivity index (χ3n) is 5.14. The molecule has 12 heteroatoms. The molecule has 176 valence electrons. The molecule has 0 aromatic carbocycles. The highest BCUT2D eigenvalue weighted by Gasteiger charge is 2.28. The lowest BCUT2D eigenvalue weighted by atomic mass is 9.94. The Kier molecular flexibility index (Phi) is 6.34. The molecule has 1 amide bonds. The van der Waals surface area contributed by atoms with Gasteiger partial charge in [0.15, 0.2) is 0 Å². The summed E-state index contributed by atoms with van der Waals surface area (Å²) in [4.78, 5) is 18.3. The number of carbonyl (C=O) groups excluding carboxylic acids is 1. The van der Waals surface area contributed by atoms with E-state index >= 15 is 0 Å². The van der Waals surface area contributed by atoms with E-state index in [0.29, 0.717) is 30.9 Å². The molecule has 4 rings (SSSR count). The van der Waals surface area contributed by atoms with Crippen LogP contribution in [0.25, 0.3) is 11.5 Å². The van der Waals surface area contributed by atoms with E-state index in [9.17, 15) is 13.6 Å². The van der Waals surface area contributed by atoms with Gasteiger partial charge >= 0.3 is 12.5 Å². The molecule has 0 N–H and O–H groups in total. The number of piperidine rings is 1. The van der Waals surface area contributed by atoms with E-state index in [-0.39, 0.29) is 17.9 Å². The zero-order valence-corrected chi connectivity index (χ0v) is 18.6. The first-order valence-corrected chi connectivity index (χ1v) is 10.6. The average Bonchev–Trinajstić information content (AvgIpc) is 3.43. The molecule has 0 radical (unpaired) electrons. The molecular formula is C21H25F2N7O3. The van der Waals surface area contributed by atoms with Gasteiger partial charge in [0.05, 0.1) is 23.5 Å². The van der Waals surface area contributed by atoms with Crippen molar-refractivity contribution in [2.45, 2.75) is 58.1 Å². The Morgan fingerprint density at radius 3 is 2.58 bits per heavy atom. The largest absolute Gasteiger partial charge is 0.444 e. The minimum Gasteiger partial charge on any atom is -0.444 e. The Balaban J connectivity index is 1.32. The number of aromatic nitrogens is 6. The van der Waals surface area contributed by atoms with Crippen molar-refractivity contribution in [3.05, 3.63) is 41.8 Å². The van der Waals surface area contributed by atoms with Crippen LogP contribution in [0.3, 0.4) is 0 Å². The summed E-state index contributed by atoms with van der Waals surface area (Å²) in [5.41, 5.74) is 1.53. The van der Waals surface area contributed by atoms with Crippen molar-refractivity contribution >= 4 is 6.09 Å². The number of hydrogen-bond donors (Lipinski definition) is 0. The standard InChI is InChI=1S/C21H25F2N7O3/c1-21(2,3)33-20(31)29-8-6-13(7-9-29)16-12-30(28-25-16)11-15-5-4-14(10-24-15)18-26-27-19(32-18)17(22)23/h4-5,10,12-13,17H,6-9,11H2,1-3H3. The van der Waals surface area contributed by atoms with E-state index in [1.807, 2.05) is 27.0 Å². The summed E-state index contributed by atoms with van der Waals surface area (Å²) in [5, 5.41) is 15.4. The predicted molar refractivity (Wildman–Crippen MR) is 111 cm³/mol. The molecule has 1 aliphatic rings. The molecule has 0 atom stereocenters. The third kappa shape index (κ3) is 5.68. The number of nitrogens with zero attached hydrogens (tertiary/aromatic N) is 7. The van der Waals surface area contributed by atoms with Gasteiger partial charge < -0.3 is 14.1 Å². The molecule has 0 saturated carbocycles. The second-order valence-electron chi connectivity index (χ2n) is 8.87. The number of hydrogen-bond acceptors (Lipinski definition) is 8. The smallest absolute Gasteiger partial charge is 0.410 e. The van der Waals surface area contributed by atoms with Gasteiger partial charge in [-0.1, -0.05) is 5.21 Å². The molecule has 3 aromatic heterocycles. The summed E-state index contributed by atoms with van der Waals surface area (Å²) >= 11 is 0. The molecule has 10 nitrogen and oxygen atoms in total. The number of rotatable bonds is 5. The Hall–Kier alpha value is -3.44. The van der Waals surface area contributed by atoms with E-state index in [0.717, 1.165) is 18.5 Å². The zero-order chi connectivity index (χ0) is 23.6. The van der Waals surface area contributed by atoms with Gasteiger partial charge in [-0.2, -0.15) is 8.78 Å². The topological polar surface area (TPSA) is 112 Å². The lowest BCUT2D eigenvalue weighted by Crippen LogP contribution is -2.41. The van der Waals surface area contributed by atoms with Crippen molar-refractivity contribution in [1.82, 2.24) is 35.1 Å². The SMILES string of the molecule is CC(C)(C)OC(=O)N1CCC(c2cn(Cc3ccc(-c4nnc(C(F)F)o4)cn3)nn2)CC1. The van der Waals surface area contributed by atoms with Crippen LogP contribution >= 0.6 is 0 Å². The number of pyridine rings is 1. The van der Waals surface area contributed by atoms with E-state index in [1.54, 1.807) is 21.7 Å². The van der Waals surface area contributed by atoms with Gasteiger partial charge in [-0.25, -0.2) is 9.48 Å².